The number of halogens is 4. The summed E-state index contributed by atoms with van der Waals surface area (Å²) in [5.41, 5.74) is 0.992. The molecule has 0 radical (unpaired) electrons. The summed E-state index contributed by atoms with van der Waals surface area (Å²) in [6, 6.07) is 7.88. The van der Waals surface area contributed by atoms with E-state index in [1.807, 2.05) is 0 Å². The summed E-state index contributed by atoms with van der Waals surface area (Å²) in [7, 11) is 1.57. The van der Waals surface area contributed by atoms with Gasteiger partial charge in [0.15, 0.2) is 6.61 Å². The van der Waals surface area contributed by atoms with Crippen LogP contribution in [0.1, 0.15) is 23.3 Å². The van der Waals surface area contributed by atoms with Crippen LogP contribution in [0.15, 0.2) is 42.7 Å². The molecule has 164 valence electrons. The average Bonchev–Trinajstić information content (AvgIpc) is 3.31. The van der Waals surface area contributed by atoms with E-state index in [-0.39, 0.29) is 22.9 Å². The molecule has 3 aromatic rings. The molecule has 0 bridgehead atoms. The number of benzene rings is 1. The van der Waals surface area contributed by atoms with Gasteiger partial charge in [0, 0.05) is 30.6 Å². The minimum Gasteiger partial charge on any atom is -0.483 e. The summed E-state index contributed by atoms with van der Waals surface area (Å²) in [5, 5.41) is 3.27. The lowest BCUT2D eigenvalue weighted by atomic mass is 10.1. The number of hydrogen-bond donors (Lipinski definition) is 1. The zero-order valence-corrected chi connectivity index (χ0v) is 17.3. The number of alkyl halides is 3. The summed E-state index contributed by atoms with van der Waals surface area (Å²) in [5.74, 6) is -0.322. The summed E-state index contributed by atoms with van der Waals surface area (Å²) in [4.78, 5) is 17.2. The molecule has 0 unspecified atom stereocenters. The van der Waals surface area contributed by atoms with E-state index < -0.39 is 12.8 Å². The van der Waals surface area contributed by atoms with Crippen LogP contribution >= 0.6 is 11.6 Å². The molecule has 2 heterocycles. The maximum Gasteiger partial charge on any atom is 0.422 e. The van der Waals surface area contributed by atoms with E-state index >= 15 is 0 Å². The summed E-state index contributed by atoms with van der Waals surface area (Å²) in [6.07, 6.45) is 0.270. The van der Waals surface area contributed by atoms with Gasteiger partial charge in [0.2, 0.25) is 0 Å². The van der Waals surface area contributed by atoms with Crippen LogP contribution < -0.4 is 10.1 Å². The summed E-state index contributed by atoms with van der Waals surface area (Å²) in [6.45, 7) is -1.02. The molecular formula is C21H19ClF3N3O3. The first-order valence-corrected chi connectivity index (χ1v) is 9.86. The predicted octanol–water partition coefficient (Wildman–Crippen LogP) is 4.50. The van der Waals surface area contributed by atoms with Crippen molar-refractivity contribution in [1.29, 1.82) is 0 Å². The van der Waals surface area contributed by atoms with Gasteiger partial charge in [-0.15, -0.1) is 0 Å². The lowest BCUT2D eigenvalue weighted by Gasteiger charge is -2.15. The number of nitrogens with zero attached hydrogens (tertiary/aromatic N) is 2. The van der Waals surface area contributed by atoms with Crippen molar-refractivity contribution < 1.29 is 27.4 Å². The molecule has 0 saturated heterocycles. The molecule has 0 aliphatic heterocycles. The fourth-order valence-electron chi connectivity index (χ4n) is 3.38. The number of amides is 1. The molecule has 2 aromatic heterocycles. The molecule has 6 nitrogen and oxygen atoms in total. The number of methoxy groups -OCH3 is 1. The highest BCUT2D eigenvalue weighted by atomic mass is 35.5. The first kappa shape index (κ1) is 21.5. The average molecular weight is 454 g/mol. The highest BCUT2D eigenvalue weighted by Gasteiger charge is 2.44. The fraction of sp³-hybridized carbons (Fsp3) is 0.333. The van der Waals surface area contributed by atoms with Crippen molar-refractivity contribution in [3.05, 3.63) is 53.4 Å². The highest BCUT2D eigenvalue weighted by Crippen LogP contribution is 2.37. The van der Waals surface area contributed by atoms with Crippen LogP contribution in [-0.2, 0) is 4.74 Å². The Morgan fingerprint density at radius 1 is 1.26 bits per heavy atom. The van der Waals surface area contributed by atoms with Crippen molar-refractivity contribution in [3.63, 3.8) is 0 Å². The number of carbonyl (C=O) groups excluding carboxylic acids is 1. The normalized spacial score (nSPS) is 15.1. The summed E-state index contributed by atoms with van der Waals surface area (Å²) < 4.78 is 49.7. The number of imidazole rings is 1. The smallest absolute Gasteiger partial charge is 0.422 e. The first-order chi connectivity index (χ1) is 14.7. The third kappa shape index (κ3) is 4.77. The van der Waals surface area contributed by atoms with E-state index in [2.05, 4.69) is 10.3 Å². The minimum atomic E-state index is -4.48. The third-order valence-corrected chi connectivity index (χ3v) is 5.18. The van der Waals surface area contributed by atoms with Gasteiger partial charge in [-0.1, -0.05) is 29.8 Å². The van der Waals surface area contributed by atoms with Gasteiger partial charge in [-0.2, -0.15) is 13.2 Å². The highest BCUT2D eigenvalue weighted by molar-refractivity contribution is 6.31. The van der Waals surface area contributed by atoms with Crippen LogP contribution in [-0.4, -0.2) is 47.3 Å². The SMILES string of the molecule is COCC1(NC(=O)c2cn3cc(Cl)cc(-c4ccccc4OCC(F)(F)F)c3n2)CC1. The van der Waals surface area contributed by atoms with Gasteiger partial charge in [-0.05, 0) is 25.0 Å². The van der Waals surface area contributed by atoms with Gasteiger partial charge in [-0.25, -0.2) is 4.98 Å². The lowest BCUT2D eigenvalue weighted by Crippen LogP contribution is -2.40. The molecule has 4 rings (SSSR count). The number of fused-ring (bicyclic) bond motifs is 1. The molecule has 1 aliphatic carbocycles. The summed E-state index contributed by atoms with van der Waals surface area (Å²) >= 11 is 6.24. The zero-order chi connectivity index (χ0) is 22.2. The Morgan fingerprint density at radius 3 is 2.68 bits per heavy atom. The van der Waals surface area contributed by atoms with Gasteiger partial charge >= 0.3 is 6.18 Å². The second-order valence-electron chi connectivity index (χ2n) is 7.50. The fourth-order valence-corrected chi connectivity index (χ4v) is 3.60. The minimum absolute atomic E-state index is 0.0371. The van der Waals surface area contributed by atoms with Gasteiger partial charge in [-0.3, -0.25) is 4.79 Å². The largest absolute Gasteiger partial charge is 0.483 e. The molecule has 1 N–H and O–H groups in total. The predicted molar refractivity (Wildman–Crippen MR) is 108 cm³/mol. The topological polar surface area (TPSA) is 64.9 Å². The van der Waals surface area contributed by atoms with Gasteiger partial charge in [0.1, 0.15) is 17.1 Å². The molecule has 1 aromatic carbocycles. The monoisotopic (exact) mass is 453 g/mol. The van der Waals surface area contributed by atoms with Crippen molar-refractivity contribution in [2.75, 3.05) is 20.3 Å². The third-order valence-electron chi connectivity index (χ3n) is 4.97. The number of hydrogen-bond acceptors (Lipinski definition) is 4. The number of ether oxygens (including phenoxy) is 2. The van der Waals surface area contributed by atoms with Crippen LogP contribution in [0.25, 0.3) is 16.8 Å². The maximum atomic E-state index is 12.7. The quantitative estimate of drug-likeness (QED) is 0.572. The zero-order valence-electron chi connectivity index (χ0n) is 16.5. The Kier molecular flexibility index (Phi) is 5.57. The number of carbonyl (C=O) groups is 1. The lowest BCUT2D eigenvalue weighted by molar-refractivity contribution is -0.153. The standard InChI is InChI=1S/C21H19ClF3N3O3/c1-30-11-20(6-7-20)27-19(29)16-10-28-9-13(22)8-15(18(28)26-16)14-4-2-3-5-17(14)31-12-21(23,24)25/h2-5,8-10H,6-7,11-12H2,1H3,(H,27,29). The van der Waals surface area contributed by atoms with Crippen molar-refractivity contribution >= 4 is 23.2 Å². The molecule has 1 saturated carbocycles. The Hall–Kier alpha value is -2.78. The van der Waals surface area contributed by atoms with Crippen molar-refractivity contribution in [3.8, 4) is 16.9 Å². The maximum absolute atomic E-state index is 12.7. The molecule has 31 heavy (non-hydrogen) atoms. The Bertz CT molecular complexity index is 1130. The first-order valence-electron chi connectivity index (χ1n) is 9.48. The second-order valence-corrected chi connectivity index (χ2v) is 7.93. The van der Waals surface area contributed by atoms with E-state index in [0.29, 0.717) is 28.4 Å². The Labute approximate surface area is 180 Å². The van der Waals surface area contributed by atoms with E-state index in [1.165, 1.54) is 12.3 Å². The molecule has 1 amide bonds. The number of rotatable bonds is 7. The van der Waals surface area contributed by atoms with E-state index in [4.69, 9.17) is 21.1 Å². The van der Waals surface area contributed by atoms with E-state index in [0.717, 1.165) is 12.8 Å². The molecule has 1 fully saturated rings. The Morgan fingerprint density at radius 2 is 2.00 bits per heavy atom. The molecular weight excluding hydrogens is 435 g/mol. The van der Waals surface area contributed by atoms with Gasteiger partial charge in [0.25, 0.3) is 5.91 Å². The van der Waals surface area contributed by atoms with Crippen molar-refractivity contribution in [2.45, 2.75) is 24.6 Å². The van der Waals surface area contributed by atoms with Gasteiger partial charge < -0.3 is 19.2 Å². The van der Waals surface area contributed by atoms with Crippen molar-refractivity contribution in [2.24, 2.45) is 0 Å². The molecule has 0 spiro atoms. The van der Waals surface area contributed by atoms with Crippen LogP contribution in [0.5, 0.6) is 5.75 Å². The van der Waals surface area contributed by atoms with Crippen LogP contribution in [0.3, 0.4) is 0 Å². The van der Waals surface area contributed by atoms with Crippen LogP contribution in [0, 0.1) is 0 Å². The number of pyridine rings is 1. The number of para-hydroxylation sites is 1. The van der Waals surface area contributed by atoms with Crippen LogP contribution in [0.2, 0.25) is 5.02 Å². The second kappa shape index (κ2) is 8.05. The van der Waals surface area contributed by atoms with E-state index in [1.54, 1.807) is 42.0 Å². The van der Waals surface area contributed by atoms with Crippen LogP contribution in [0.4, 0.5) is 13.2 Å². The van der Waals surface area contributed by atoms with Gasteiger partial charge in [0.05, 0.1) is 17.2 Å². The Balaban J connectivity index is 1.71. The molecule has 1 aliphatic rings. The van der Waals surface area contributed by atoms with Crippen molar-refractivity contribution in [1.82, 2.24) is 14.7 Å². The van der Waals surface area contributed by atoms with E-state index in [9.17, 15) is 18.0 Å². The number of aromatic nitrogens is 2. The molecule has 10 heteroatoms. The molecule has 0 atom stereocenters. The number of nitrogens with one attached hydrogen (secondary N) is 1.